The number of aromatic nitrogens is 2. The molecule has 0 spiro atoms. The van der Waals surface area contributed by atoms with E-state index in [1.54, 1.807) is 6.20 Å². The van der Waals surface area contributed by atoms with Gasteiger partial charge in [-0.3, -0.25) is 9.48 Å². The third kappa shape index (κ3) is 3.23. The molecule has 0 saturated carbocycles. The van der Waals surface area contributed by atoms with Gasteiger partial charge in [0.2, 0.25) is 0 Å². The van der Waals surface area contributed by atoms with Crippen LogP contribution in [0.4, 0.5) is 0 Å². The number of halogens is 1. The van der Waals surface area contributed by atoms with Crippen LogP contribution in [0.2, 0.25) is 5.02 Å². The maximum absolute atomic E-state index is 10.4. The molecule has 0 amide bonds. The minimum Gasteiger partial charge on any atom is -0.481 e. The second kappa shape index (κ2) is 5.16. The van der Waals surface area contributed by atoms with Gasteiger partial charge in [0.15, 0.2) is 0 Å². The molecule has 0 unspecified atom stereocenters. The Labute approximate surface area is 93.9 Å². The van der Waals surface area contributed by atoms with Crippen LogP contribution in [0.1, 0.15) is 38.4 Å². The molecule has 1 N–H and O–H groups in total. The molecule has 0 aliphatic carbocycles. The molecule has 84 valence electrons. The molecule has 0 aliphatic heterocycles. The van der Waals surface area contributed by atoms with Crippen molar-refractivity contribution in [2.45, 2.75) is 39.2 Å². The summed E-state index contributed by atoms with van der Waals surface area (Å²) in [4.78, 5) is 10.4. The van der Waals surface area contributed by atoms with Gasteiger partial charge in [-0.25, -0.2) is 0 Å². The Balaban J connectivity index is 2.66. The molecule has 1 rings (SSSR count). The van der Waals surface area contributed by atoms with Gasteiger partial charge in [-0.05, 0) is 26.7 Å². The maximum atomic E-state index is 10.4. The summed E-state index contributed by atoms with van der Waals surface area (Å²) in [5.41, 5.74) is 0.924. The Morgan fingerprint density at radius 3 is 2.87 bits per heavy atom. The van der Waals surface area contributed by atoms with Gasteiger partial charge >= 0.3 is 5.97 Å². The lowest BCUT2D eigenvalue weighted by atomic mass is 10.2. The van der Waals surface area contributed by atoms with Crippen LogP contribution in [0.25, 0.3) is 0 Å². The Kier molecular flexibility index (Phi) is 4.15. The van der Waals surface area contributed by atoms with Gasteiger partial charge < -0.3 is 5.11 Å². The molecule has 0 bridgehead atoms. The zero-order valence-electron chi connectivity index (χ0n) is 8.90. The number of aliphatic carboxylic acids is 1. The standard InChI is InChI=1S/C10H15ClN2O2/c1-7(2)13-9(8(11)6-12-13)4-3-5-10(14)15/h6-7H,3-5H2,1-2H3,(H,14,15). The van der Waals surface area contributed by atoms with Crippen molar-refractivity contribution in [1.29, 1.82) is 0 Å². The fourth-order valence-corrected chi connectivity index (χ4v) is 1.68. The largest absolute Gasteiger partial charge is 0.481 e. The highest BCUT2D eigenvalue weighted by atomic mass is 35.5. The third-order valence-electron chi connectivity index (χ3n) is 2.14. The van der Waals surface area contributed by atoms with Gasteiger partial charge in [-0.15, -0.1) is 0 Å². The molecule has 0 saturated heterocycles. The smallest absolute Gasteiger partial charge is 0.303 e. The lowest BCUT2D eigenvalue weighted by Crippen LogP contribution is -2.08. The highest BCUT2D eigenvalue weighted by Gasteiger charge is 2.11. The normalized spacial score (nSPS) is 10.9. The average Bonchev–Trinajstić information content (AvgIpc) is 2.47. The van der Waals surface area contributed by atoms with E-state index >= 15 is 0 Å². The van der Waals surface area contributed by atoms with E-state index in [4.69, 9.17) is 16.7 Å². The van der Waals surface area contributed by atoms with E-state index in [-0.39, 0.29) is 12.5 Å². The Bertz CT molecular complexity index is 347. The number of carboxylic acids is 1. The molecular formula is C10H15ClN2O2. The summed E-state index contributed by atoms with van der Waals surface area (Å²) in [7, 11) is 0. The first-order valence-corrected chi connectivity index (χ1v) is 5.34. The van der Waals surface area contributed by atoms with Crippen LogP contribution in [0.15, 0.2) is 6.20 Å². The van der Waals surface area contributed by atoms with E-state index in [9.17, 15) is 4.79 Å². The van der Waals surface area contributed by atoms with Crippen LogP contribution in [0.5, 0.6) is 0 Å². The minimum atomic E-state index is -0.776. The SMILES string of the molecule is CC(C)n1ncc(Cl)c1CCCC(=O)O. The molecule has 0 radical (unpaired) electrons. The molecule has 0 atom stereocenters. The average molecular weight is 231 g/mol. The lowest BCUT2D eigenvalue weighted by molar-refractivity contribution is -0.137. The second-order valence-corrected chi connectivity index (χ2v) is 4.13. The van der Waals surface area contributed by atoms with Crippen molar-refractivity contribution >= 4 is 17.6 Å². The summed E-state index contributed by atoms with van der Waals surface area (Å²) in [6, 6.07) is 0.248. The van der Waals surface area contributed by atoms with Crippen molar-refractivity contribution in [2.75, 3.05) is 0 Å². The zero-order chi connectivity index (χ0) is 11.4. The summed E-state index contributed by atoms with van der Waals surface area (Å²) in [5, 5.41) is 13.3. The van der Waals surface area contributed by atoms with Gasteiger partial charge in [0.1, 0.15) is 0 Å². The van der Waals surface area contributed by atoms with Crippen LogP contribution < -0.4 is 0 Å². The van der Waals surface area contributed by atoms with Crippen molar-refractivity contribution in [3.63, 3.8) is 0 Å². The van der Waals surface area contributed by atoms with E-state index in [2.05, 4.69) is 5.10 Å². The molecular weight excluding hydrogens is 216 g/mol. The van der Waals surface area contributed by atoms with Crippen LogP contribution in [-0.2, 0) is 11.2 Å². The van der Waals surface area contributed by atoms with E-state index in [0.717, 1.165) is 5.69 Å². The van der Waals surface area contributed by atoms with Crippen molar-refractivity contribution in [2.24, 2.45) is 0 Å². The topological polar surface area (TPSA) is 55.1 Å². The number of carboxylic acid groups (broad SMARTS) is 1. The summed E-state index contributed by atoms with van der Waals surface area (Å²) < 4.78 is 1.84. The van der Waals surface area contributed by atoms with E-state index in [1.165, 1.54) is 0 Å². The van der Waals surface area contributed by atoms with Gasteiger partial charge in [-0.2, -0.15) is 5.10 Å². The monoisotopic (exact) mass is 230 g/mol. The number of nitrogens with zero attached hydrogens (tertiary/aromatic N) is 2. The van der Waals surface area contributed by atoms with Crippen LogP contribution >= 0.6 is 11.6 Å². The molecule has 1 aromatic heterocycles. The Hall–Kier alpha value is -1.03. The van der Waals surface area contributed by atoms with Crippen molar-refractivity contribution in [3.8, 4) is 0 Å². The highest BCUT2D eigenvalue weighted by molar-refractivity contribution is 6.31. The van der Waals surface area contributed by atoms with Gasteiger partial charge in [0.25, 0.3) is 0 Å². The molecule has 4 nitrogen and oxygen atoms in total. The van der Waals surface area contributed by atoms with E-state index in [0.29, 0.717) is 17.9 Å². The summed E-state index contributed by atoms with van der Waals surface area (Å²) in [5.74, 6) is -0.776. The summed E-state index contributed by atoms with van der Waals surface area (Å²) >= 11 is 5.97. The van der Waals surface area contributed by atoms with E-state index in [1.807, 2.05) is 18.5 Å². The Morgan fingerprint density at radius 2 is 2.33 bits per heavy atom. The molecule has 0 aliphatic rings. The molecule has 1 aromatic rings. The number of hydrogen-bond acceptors (Lipinski definition) is 2. The molecule has 5 heteroatoms. The quantitative estimate of drug-likeness (QED) is 0.846. The van der Waals surface area contributed by atoms with Crippen LogP contribution in [0.3, 0.4) is 0 Å². The van der Waals surface area contributed by atoms with E-state index < -0.39 is 5.97 Å². The first-order chi connectivity index (χ1) is 7.02. The maximum Gasteiger partial charge on any atom is 0.303 e. The van der Waals surface area contributed by atoms with Gasteiger partial charge in [-0.1, -0.05) is 11.6 Å². The fourth-order valence-electron chi connectivity index (χ4n) is 1.45. The van der Waals surface area contributed by atoms with Crippen LogP contribution in [0, 0.1) is 0 Å². The number of rotatable bonds is 5. The fraction of sp³-hybridized carbons (Fsp3) is 0.600. The number of hydrogen-bond donors (Lipinski definition) is 1. The van der Waals surface area contributed by atoms with Crippen molar-refractivity contribution in [3.05, 3.63) is 16.9 Å². The van der Waals surface area contributed by atoms with Gasteiger partial charge in [0.05, 0.1) is 16.9 Å². The van der Waals surface area contributed by atoms with Crippen molar-refractivity contribution in [1.82, 2.24) is 9.78 Å². The Morgan fingerprint density at radius 1 is 1.67 bits per heavy atom. The summed E-state index contributed by atoms with van der Waals surface area (Å²) in [6.45, 7) is 4.04. The van der Waals surface area contributed by atoms with Gasteiger partial charge in [0, 0.05) is 12.5 Å². The zero-order valence-corrected chi connectivity index (χ0v) is 9.66. The highest BCUT2D eigenvalue weighted by Crippen LogP contribution is 2.20. The molecule has 0 fully saturated rings. The molecule has 1 heterocycles. The summed E-state index contributed by atoms with van der Waals surface area (Å²) in [6.07, 6.45) is 3.02. The molecule has 15 heavy (non-hydrogen) atoms. The third-order valence-corrected chi connectivity index (χ3v) is 2.46. The predicted molar refractivity (Wildman–Crippen MR) is 58.2 cm³/mol. The molecule has 0 aromatic carbocycles. The predicted octanol–water partition coefficient (Wildman–Crippen LogP) is 2.52. The first kappa shape index (κ1) is 12.0. The van der Waals surface area contributed by atoms with Crippen LogP contribution in [-0.4, -0.2) is 20.9 Å². The number of carbonyl (C=O) groups is 1. The minimum absolute atomic E-state index is 0.166. The lowest BCUT2D eigenvalue weighted by Gasteiger charge is -2.10. The first-order valence-electron chi connectivity index (χ1n) is 4.96. The van der Waals surface area contributed by atoms with Crippen molar-refractivity contribution < 1.29 is 9.90 Å². The second-order valence-electron chi connectivity index (χ2n) is 3.72.